The van der Waals surface area contributed by atoms with Crippen molar-refractivity contribution < 1.29 is 13.2 Å². The van der Waals surface area contributed by atoms with Crippen molar-refractivity contribution >= 4 is 38.7 Å². The first-order chi connectivity index (χ1) is 9.80. The van der Waals surface area contributed by atoms with Crippen molar-refractivity contribution in [1.82, 2.24) is 0 Å². The number of halogens is 1. The lowest BCUT2D eigenvalue weighted by molar-refractivity contribution is -0.114. The van der Waals surface area contributed by atoms with E-state index in [1.54, 1.807) is 0 Å². The predicted molar refractivity (Wildman–Crippen MR) is 82.1 cm³/mol. The molecule has 0 bridgehead atoms. The molecule has 2 aromatic carbocycles. The number of amides is 1. The van der Waals surface area contributed by atoms with Gasteiger partial charge in [0.25, 0.3) is 0 Å². The summed E-state index contributed by atoms with van der Waals surface area (Å²) in [6.45, 7) is 1.35. The molecule has 0 saturated carbocycles. The minimum atomic E-state index is -3.67. The fourth-order valence-corrected chi connectivity index (χ4v) is 3.18. The third-order valence-corrected chi connectivity index (χ3v) is 4.79. The Kier molecular flexibility index (Phi) is 4.20. The molecule has 0 aliphatic rings. The molecule has 110 valence electrons. The average Bonchev–Trinajstić information content (AvgIpc) is 2.41. The molecule has 0 radical (unpaired) electrons. The van der Waals surface area contributed by atoms with E-state index in [-0.39, 0.29) is 21.4 Å². The van der Waals surface area contributed by atoms with Crippen molar-refractivity contribution in [3.63, 3.8) is 0 Å². The lowest BCUT2D eigenvalue weighted by atomic mass is 10.2. The normalized spacial score (nSPS) is 11.1. The molecule has 0 atom stereocenters. The number of nitrogens with one attached hydrogen (secondary N) is 1. The lowest BCUT2D eigenvalue weighted by Gasteiger charge is -2.09. The molecule has 0 spiro atoms. The Hall–Kier alpha value is -2.05. The maximum atomic E-state index is 12.4. The van der Waals surface area contributed by atoms with Gasteiger partial charge in [-0.1, -0.05) is 11.6 Å². The van der Waals surface area contributed by atoms with E-state index in [2.05, 4.69) is 5.32 Å². The van der Waals surface area contributed by atoms with E-state index in [1.807, 2.05) is 0 Å². The zero-order valence-electron chi connectivity index (χ0n) is 11.1. The molecular weight excluding hydrogens is 312 g/mol. The highest BCUT2D eigenvalue weighted by Gasteiger charge is 2.18. The van der Waals surface area contributed by atoms with Crippen molar-refractivity contribution in [3.05, 3.63) is 47.5 Å². The van der Waals surface area contributed by atoms with E-state index >= 15 is 0 Å². The third kappa shape index (κ3) is 3.34. The van der Waals surface area contributed by atoms with Crippen molar-refractivity contribution in [2.24, 2.45) is 0 Å². The number of sulfone groups is 1. The number of hydrogen-bond acceptors (Lipinski definition) is 4. The van der Waals surface area contributed by atoms with Crippen LogP contribution in [0.4, 0.5) is 11.4 Å². The summed E-state index contributed by atoms with van der Waals surface area (Å²) in [5, 5.41) is 2.98. The van der Waals surface area contributed by atoms with Gasteiger partial charge in [-0.05, 0) is 42.5 Å². The van der Waals surface area contributed by atoms with Gasteiger partial charge in [-0.15, -0.1) is 0 Å². The number of nitrogens with two attached hydrogens (primary N) is 1. The summed E-state index contributed by atoms with van der Waals surface area (Å²) < 4.78 is 24.9. The number of nitrogen functional groups attached to an aromatic ring is 1. The van der Waals surface area contributed by atoms with E-state index in [4.69, 9.17) is 17.3 Å². The first-order valence-electron chi connectivity index (χ1n) is 5.98. The smallest absolute Gasteiger partial charge is 0.221 e. The van der Waals surface area contributed by atoms with Crippen LogP contribution in [0.1, 0.15) is 6.92 Å². The van der Waals surface area contributed by atoms with E-state index in [1.165, 1.54) is 49.4 Å². The van der Waals surface area contributed by atoms with Gasteiger partial charge in [0.15, 0.2) is 0 Å². The summed E-state index contributed by atoms with van der Waals surface area (Å²) in [4.78, 5) is 11.2. The van der Waals surface area contributed by atoms with Gasteiger partial charge < -0.3 is 11.1 Å². The van der Waals surface area contributed by atoms with Crippen LogP contribution in [0.15, 0.2) is 52.3 Å². The molecule has 0 fully saturated rings. The highest BCUT2D eigenvalue weighted by atomic mass is 35.5. The molecule has 2 rings (SSSR count). The lowest BCUT2D eigenvalue weighted by Crippen LogP contribution is -2.09. The second-order valence-corrected chi connectivity index (χ2v) is 6.77. The number of carbonyl (C=O) groups excluding carboxylic acids is 1. The fourth-order valence-electron chi connectivity index (χ4n) is 1.76. The van der Waals surface area contributed by atoms with Gasteiger partial charge in [0.1, 0.15) is 0 Å². The average molecular weight is 325 g/mol. The third-order valence-electron chi connectivity index (χ3n) is 2.77. The van der Waals surface area contributed by atoms with Crippen LogP contribution in [0.25, 0.3) is 0 Å². The van der Waals surface area contributed by atoms with Crippen LogP contribution in [0.5, 0.6) is 0 Å². The first kappa shape index (κ1) is 15.3. The topological polar surface area (TPSA) is 89.3 Å². The first-order valence-corrected chi connectivity index (χ1v) is 7.84. The van der Waals surface area contributed by atoms with E-state index in [9.17, 15) is 13.2 Å². The van der Waals surface area contributed by atoms with Crippen LogP contribution in [-0.2, 0) is 14.6 Å². The van der Waals surface area contributed by atoms with E-state index < -0.39 is 9.84 Å². The molecule has 0 aliphatic carbocycles. The van der Waals surface area contributed by atoms with Crippen molar-refractivity contribution in [3.8, 4) is 0 Å². The van der Waals surface area contributed by atoms with Crippen molar-refractivity contribution in [1.29, 1.82) is 0 Å². The van der Waals surface area contributed by atoms with Crippen molar-refractivity contribution in [2.75, 3.05) is 11.1 Å². The molecule has 5 nitrogen and oxygen atoms in total. The summed E-state index contributed by atoms with van der Waals surface area (Å²) in [6.07, 6.45) is 0. The quantitative estimate of drug-likeness (QED) is 0.849. The van der Waals surface area contributed by atoms with Crippen LogP contribution < -0.4 is 11.1 Å². The Bertz CT molecular complexity index is 786. The number of carbonyl (C=O) groups is 1. The van der Waals surface area contributed by atoms with Crippen LogP contribution in [0.2, 0.25) is 5.02 Å². The molecule has 0 heterocycles. The van der Waals surface area contributed by atoms with Gasteiger partial charge in [-0.2, -0.15) is 0 Å². The van der Waals surface area contributed by atoms with Gasteiger partial charge in [-0.3, -0.25) is 4.79 Å². The summed E-state index contributed by atoms with van der Waals surface area (Å²) in [7, 11) is -3.67. The standard InChI is InChI=1S/C14H13ClN2O3S/c1-9(18)17-14-7-6-12(8-13(14)16)21(19,20)11-4-2-10(15)3-5-11/h2-8H,16H2,1H3,(H,17,18). The molecule has 0 aliphatic heterocycles. The molecular formula is C14H13ClN2O3S. The summed E-state index contributed by atoms with van der Waals surface area (Å²) in [6, 6.07) is 10.0. The zero-order valence-corrected chi connectivity index (χ0v) is 12.7. The SMILES string of the molecule is CC(=O)Nc1ccc(S(=O)(=O)c2ccc(Cl)cc2)cc1N. The van der Waals surface area contributed by atoms with Gasteiger partial charge in [0.2, 0.25) is 15.7 Å². The Balaban J connectivity index is 2.43. The number of benzene rings is 2. The maximum absolute atomic E-state index is 12.4. The Morgan fingerprint density at radius 1 is 1.10 bits per heavy atom. The Labute approximate surface area is 127 Å². The second-order valence-electron chi connectivity index (χ2n) is 4.39. The van der Waals surface area contributed by atoms with Crippen LogP contribution in [0, 0.1) is 0 Å². The molecule has 2 aromatic rings. The van der Waals surface area contributed by atoms with E-state index in [0.717, 1.165) is 0 Å². The van der Waals surface area contributed by atoms with Gasteiger partial charge >= 0.3 is 0 Å². The molecule has 0 saturated heterocycles. The van der Waals surface area contributed by atoms with Crippen LogP contribution in [0.3, 0.4) is 0 Å². The number of hydrogen-bond donors (Lipinski definition) is 2. The Morgan fingerprint density at radius 3 is 2.19 bits per heavy atom. The van der Waals surface area contributed by atoms with Gasteiger partial charge in [0.05, 0.1) is 21.2 Å². The van der Waals surface area contributed by atoms with Crippen LogP contribution in [-0.4, -0.2) is 14.3 Å². The van der Waals surface area contributed by atoms with Gasteiger partial charge in [-0.25, -0.2) is 8.42 Å². The summed E-state index contributed by atoms with van der Waals surface area (Å²) in [5.41, 5.74) is 6.32. The maximum Gasteiger partial charge on any atom is 0.221 e. The predicted octanol–water partition coefficient (Wildman–Crippen LogP) is 2.71. The van der Waals surface area contributed by atoms with Crippen molar-refractivity contribution in [2.45, 2.75) is 16.7 Å². The minimum absolute atomic E-state index is 0.0522. The van der Waals surface area contributed by atoms with E-state index in [0.29, 0.717) is 10.7 Å². The highest BCUT2D eigenvalue weighted by Crippen LogP contribution is 2.27. The summed E-state index contributed by atoms with van der Waals surface area (Å²) in [5.74, 6) is -0.282. The monoisotopic (exact) mass is 324 g/mol. The molecule has 21 heavy (non-hydrogen) atoms. The fraction of sp³-hybridized carbons (Fsp3) is 0.0714. The van der Waals surface area contributed by atoms with Gasteiger partial charge in [0, 0.05) is 11.9 Å². The molecule has 1 amide bonds. The van der Waals surface area contributed by atoms with Crippen LogP contribution >= 0.6 is 11.6 Å². The number of anilines is 2. The summed E-state index contributed by atoms with van der Waals surface area (Å²) >= 11 is 5.75. The molecule has 3 N–H and O–H groups in total. The largest absolute Gasteiger partial charge is 0.397 e. The Morgan fingerprint density at radius 2 is 1.67 bits per heavy atom. The molecule has 0 unspecified atom stereocenters. The second kappa shape index (κ2) is 5.75. The molecule has 7 heteroatoms. The minimum Gasteiger partial charge on any atom is -0.397 e. The molecule has 0 aromatic heterocycles. The zero-order chi connectivity index (χ0) is 15.6. The number of rotatable bonds is 3. The highest BCUT2D eigenvalue weighted by molar-refractivity contribution is 7.91.